The van der Waals surface area contributed by atoms with Crippen LogP contribution < -0.4 is 0 Å². The van der Waals surface area contributed by atoms with Crippen LogP contribution in [-0.2, 0) is 16.0 Å². The fraction of sp³-hybridized carbons (Fsp3) is 0.417. The lowest BCUT2D eigenvalue weighted by Gasteiger charge is -2.02. The number of halogens is 2. The average Bonchev–Trinajstić information content (AvgIpc) is 2.24. The summed E-state index contributed by atoms with van der Waals surface area (Å²) in [4.78, 5) is 11.5. The van der Waals surface area contributed by atoms with Gasteiger partial charge in [0.15, 0.2) is 0 Å². The van der Waals surface area contributed by atoms with E-state index in [2.05, 4.69) is 15.9 Å². The van der Waals surface area contributed by atoms with E-state index >= 15 is 0 Å². The number of benzene rings is 1. The van der Waals surface area contributed by atoms with E-state index in [0.717, 1.165) is 12.0 Å². The molecule has 0 aromatic heterocycles. The second kappa shape index (κ2) is 6.76. The van der Waals surface area contributed by atoms with Gasteiger partial charge in [-0.25, -0.2) is 4.39 Å². The van der Waals surface area contributed by atoms with Crippen LogP contribution in [-0.4, -0.2) is 19.5 Å². The van der Waals surface area contributed by atoms with Crippen molar-refractivity contribution >= 4 is 21.7 Å². The molecule has 1 aromatic rings. The Bertz CT molecular complexity index is 366. The first-order valence-electron chi connectivity index (χ1n) is 5.08. The molecular weight excluding hydrogens is 275 g/mol. The Hall–Kier alpha value is -0.740. The first-order chi connectivity index (χ1) is 7.63. The van der Waals surface area contributed by atoms with Crippen LogP contribution in [0.5, 0.6) is 0 Å². The molecule has 0 spiro atoms. The molecule has 1 aromatic carbocycles. The third kappa shape index (κ3) is 4.41. The van der Waals surface area contributed by atoms with E-state index in [1.54, 1.807) is 19.2 Å². The van der Waals surface area contributed by atoms with Gasteiger partial charge in [-0.2, -0.15) is 0 Å². The van der Waals surface area contributed by atoms with Crippen molar-refractivity contribution in [2.75, 3.05) is 13.7 Å². The Labute approximate surface area is 103 Å². The SMILES string of the molecule is COCCCC(=O)Cc1ccc(F)c(Br)c1. The summed E-state index contributed by atoms with van der Waals surface area (Å²) >= 11 is 3.09. The molecule has 2 nitrogen and oxygen atoms in total. The van der Waals surface area contributed by atoms with Crippen LogP contribution in [0.3, 0.4) is 0 Å². The van der Waals surface area contributed by atoms with Crippen molar-refractivity contribution in [3.05, 3.63) is 34.1 Å². The largest absolute Gasteiger partial charge is 0.385 e. The van der Waals surface area contributed by atoms with Gasteiger partial charge < -0.3 is 4.74 Å². The summed E-state index contributed by atoms with van der Waals surface area (Å²) in [7, 11) is 1.61. The molecule has 88 valence electrons. The molecule has 0 saturated heterocycles. The highest BCUT2D eigenvalue weighted by Gasteiger charge is 2.06. The van der Waals surface area contributed by atoms with Crippen molar-refractivity contribution in [3.8, 4) is 0 Å². The molecular formula is C12H14BrFO2. The minimum atomic E-state index is -0.310. The van der Waals surface area contributed by atoms with E-state index in [9.17, 15) is 9.18 Å². The van der Waals surface area contributed by atoms with Crippen LogP contribution in [0.1, 0.15) is 18.4 Å². The van der Waals surface area contributed by atoms with Crippen LogP contribution in [0.2, 0.25) is 0 Å². The van der Waals surface area contributed by atoms with Gasteiger partial charge in [0.1, 0.15) is 11.6 Å². The van der Waals surface area contributed by atoms with Gasteiger partial charge >= 0.3 is 0 Å². The Balaban J connectivity index is 2.46. The highest BCUT2D eigenvalue weighted by molar-refractivity contribution is 9.10. The molecule has 0 amide bonds. The summed E-state index contributed by atoms with van der Waals surface area (Å²) in [6.45, 7) is 0.596. The number of Topliss-reactive ketones (excluding diaryl/α,β-unsaturated/α-hetero) is 1. The normalized spacial score (nSPS) is 10.4. The monoisotopic (exact) mass is 288 g/mol. The quantitative estimate of drug-likeness (QED) is 0.752. The predicted molar refractivity (Wildman–Crippen MR) is 63.9 cm³/mol. The van der Waals surface area contributed by atoms with Gasteiger partial charge in [0.05, 0.1) is 4.47 Å². The number of ketones is 1. The zero-order chi connectivity index (χ0) is 12.0. The summed E-state index contributed by atoms with van der Waals surface area (Å²) in [5.41, 5.74) is 0.829. The first-order valence-corrected chi connectivity index (χ1v) is 5.87. The number of hydrogen-bond donors (Lipinski definition) is 0. The standard InChI is InChI=1S/C12H14BrFO2/c1-16-6-2-3-10(15)7-9-4-5-12(14)11(13)8-9/h4-5,8H,2-3,6-7H2,1H3. The summed E-state index contributed by atoms with van der Waals surface area (Å²) in [6.07, 6.45) is 1.59. The summed E-state index contributed by atoms with van der Waals surface area (Å²) in [5.74, 6) is -0.161. The topological polar surface area (TPSA) is 26.3 Å². The molecule has 1 rings (SSSR count). The maximum absolute atomic E-state index is 12.9. The fourth-order valence-corrected chi connectivity index (χ4v) is 1.81. The summed E-state index contributed by atoms with van der Waals surface area (Å²) in [5, 5.41) is 0. The molecule has 0 saturated carbocycles. The highest BCUT2D eigenvalue weighted by atomic mass is 79.9. The molecule has 16 heavy (non-hydrogen) atoms. The number of carbonyl (C=O) groups is 1. The molecule has 0 heterocycles. The third-order valence-corrected chi connectivity index (χ3v) is 2.80. The molecule has 0 atom stereocenters. The minimum absolute atomic E-state index is 0.149. The van der Waals surface area contributed by atoms with E-state index in [-0.39, 0.29) is 11.6 Å². The van der Waals surface area contributed by atoms with Gasteiger partial charge in [-0.3, -0.25) is 4.79 Å². The second-order valence-electron chi connectivity index (χ2n) is 3.56. The van der Waals surface area contributed by atoms with Crippen molar-refractivity contribution in [2.24, 2.45) is 0 Å². The lowest BCUT2D eigenvalue weighted by molar-refractivity contribution is -0.118. The second-order valence-corrected chi connectivity index (χ2v) is 4.41. The molecule has 0 unspecified atom stereocenters. The van der Waals surface area contributed by atoms with E-state index in [1.165, 1.54) is 6.07 Å². The van der Waals surface area contributed by atoms with Crippen LogP contribution in [0.15, 0.2) is 22.7 Å². The third-order valence-electron chi connectivity index (χ3n) is 2.19. The van der Waals surface area contributed by atoms with Gasteiger partial charge in [-0.05, 0) is 40.0 Å². The maximum Gasteiger partial charge on any atom is 0.137 e. The van der Waals surface area contributed by atoms with Crippen molar-refractivity contribution in [1.29, 1.82) is 0 Å². The molecule has 0 radical (unpaired) electrons. The van der Waals surface area contributed by atoms with Crippen molar-refractivity contribution in [1.82, 2.24) is 0 Å². The van der Waals surface area contributed by atoms with Crippen molar-refractivity contribution < 1.29 is 13.9 Å². The van der Waals surface area contributed by atoms with Crippen molar-refractivity contribution in [3.63, 3.8) is 0 Å². The van der Waals surface area contributed by atoms with Gasteiger partial charge in [-0.1, -0.05) is 6.07 Å². The fourth-order valence-electron chi connectivity index (χ4n) is 1.38. The van der Waals surface area contributed by atoms with Crippen LogP contribution in [0, 0.1) is 5.82 Å². The Morgan fingerprint density at radius 3 is 2.88 bits per heavy atom. The van der Waals surface area contributed by atoms with E-state index in [0.29, 0.717) is 23.9 Å². The lowest BCUT2D eigenvalue weighted by Crippen LogP contribution is -2.04. The zero-order valence-corrected chi connectivity index (χ0v) is 10.7. The van der Waals surface area contributed by atoms with Gasteiger partial charge in [0, 0.05) is 26.6 Å². The maximum atomic E-state index is 12.9. The number of ether oxygens (including phenoxy) is 1. The van der Waals surface area contributed by atoms with E-state index in [1.807, 2.05) is 0 Å². The van der Waals surface area contributed by atoms with Crippen LogP contribution >= 0.6 is 15.9 Å². The molecule has 4 heteroatoms. The lowest BCUT2D eigenvalue weighted by atomic mass is 10.1. The molecule has 0 N–H and O–H groups in total. The Kier molecular flexibility index (Phi) is 5.63. The number of hydrogen-bond acceptors (Lipinski definition) is 2. The minimum Gasteiger partial charge on any atom is -0.385 e. The molecule has 0 fully saturated rings. The predicted octanol–water partition coefficient (Wildman–Crippen LogP) is 3.13. The van der Waals surface area contributed by atoms with Crippen LogP contribution in [0.4, 0.5) is 4.39 Å². The van der Waals surface area contributed by atoms with Gasteiger partial charge in [-0.15, -0.1) is 0 Å². The van der Waals surface area contributed by atoms with Crippen molar-refractivity contribution in [2.45, 2.75) is 19.3 Å². The molecule has 0 aliphatic rings. The number of rotatable bonds is 6. The van der Waals surface area contributed by atoms with E-state index in [4.69, 9.17) is 4.74 Å². The molecule has 0 aliphatic heterocycles. The number of carbonyl (C=O) groups excluding carboxylic acids is 1. The summed E-state index contributed by atoms with van der Waals surface area (Å²) < 4.78 is 18.2. The smallest absolute Gasteiger partial charge is 0.137 e. The van der Waals surface area contributed by atoms with E-state index < -0.39 is 0 Å². The van der Waals surface area contributed by atoms with Crippen LogP contribution in [0.25, 0.3) is 0 Å². The molecule has 0 bridgehead atoms. The van der Waals surface area contributed by atoms with Gasteiger partial charge in [0.25, 0.3) is 0 Å². The highest BCUT2D eigenvalue weighted by Crippen LogP contribution is 2.17. The summed E-state index contributed by atoms with van der Waals surface area (Å²) in [6, 6.07) is 4.64. The van der Waals surface area contributed by atoms with Gasteiger partial charge in [0.2, 0.25) is 0 Å². The zero-order valence-electron chi connectivity index (χ0n) is 9.13. The Morgan fingerprint density at radius 1 is 1.50 bits per heavy atom. The first kappa shape index (κ1) is 13.3. The number of methoxy groups -OCH3 is 1. The average molecular weight is 289 g/mol. The molecule has 0 aliphatic carbocycles. The Morgan fingerprint density at radius 2 is 2.25 bits per heavy atom.